The average molecular weight is 163 g/mol. The van der Waals surface area contributed by atoms with Gasteiger partial charge in [0.2, 0.25) is 0 Å². The Morgan fingerprint density at radius 3 is 3.08 bits per heavy atom. The van der Waals surface area contributed by atoms with E-state index in [0.29, 0.717) is 6.61 Å². The molecule has 0 spiro atoms. The monoisotopic (exact) mass is 163 g/mol. The first-order valence-electron chi connectivity index (χ1n) is 3.94. The van der Waals surface area contributed by atoms with Crippen LogP contribution in [0.15, 0.2) is 24.5 Å². The predicted octanol–water partition coefficient (Wildman–Crippen LogP) is 1.11. The van der Waals surface area contributed by atoms with Gasteiger partial charge in [0, 0.05) is 12.4 Å². The third-order valence-corrected chi connectivity index (χ3v) is 2.02. The van der Waals surface area contributed by atoms with Crippen molar-refractivity contribution in [3.8, 4) is 0 Å². The third-order valence-electron chi connectivity index (χ3n) is 2.02. The molecule has 0 aliphatic carbocycles. The first-order valence-corrected chi connectivity index (χ1v) is 3.94. The summed E-state index contributed by atoms with van der Waals surface area (Å²) in [6, 6.07) is 3.74. The summed E-state index contributed by atoms with van der Waals surface area (Å²) >= 11 is 0. The Hall–Kier alpha value is -1.38. The van der Waals surface area contributed by atoms with Crippen LogP contribution in [0.2, 0.25) is 0 Å². The maximum Gasteiger partial charge on any atom is 0.313 e. The largest absolute Gasteiger partial charge is 0.465 e. The smallest absolute Gasteiger partial charge is 0.313 e. The molecule has 1 saturated heterocycles. The summed E-state index contributed by atoms with van der Waals surface area (Å²) in [4.78, 5) is 15.1. The molecule has 12 heavy (non-hydrogen) atoms. The summed E-state index contributed by atoms with van der Waals surface area (Å²) in [6.07, 6.45) is 4.20. The van der Waals surface area contributed by atoms with Gasteiger partial charge in [0.05, 0.1) is 12.5 Å². The zero-order valence-corrected chi connectivity index (χ0v) is 6.56. The van der Waals surface area contributed by atoms with Gasteiger partial charge in [0.1, 0.15) is 0 Å². The maximum absolute atomic E-state index is 11.1. The van der Waals surface area contributed by atoms with Gasteiger partial charge >= 0.3 is 5.97 Å². The van der Waals surface area contributed by atoms with E-state index < -0.39 is 0 Å². The van der Waals surface area contributed by atoms with Crippen molar-refractivity contribution in [2.45, 2.75) is 12.3 Å². The first kappa shape index (κ1) is 7.28. The summed E-state index contributed by atoms with van der Waals surface area (Å²) in [7, 11) is 0. The van der Waals surface area contributed by atoms with Gasteiger partial charge in [-0.05, 0) is 18.1 Å². The summed E-state index contributed by atoms with van der Waals surface area (Å²) in [5.41, 5.74) is 0.958. The predicted molar refractivity (Wildman–Crippen MR) is 42.6 cm³/mol. The molecular formula is C9H9NO2. The minimum absolute atomic E-state index is 0.0845. The Labute approximate surface area is 70.4 Å². The lowest BCUT2D eigenvalue weighted by atomic mass is 10.0. The quantitative estimate of drug-likeness (QED) is 0.582. The van der Waals surface area contributed by atoms with Crippen LogP contribution in [0.5, 0.6) is 0 Å². The molecule has 1 fully saturated rings. The number of esters is 1. The van der Waals surface area contributed by atoms with Gasteiger partial charge in [0.15, 0.2) is 0 Å². The van der Waals surface area contributed by atoms with Crippen molar-refractivity contribution >= 4 is 5.97 Å². The van der Waals surface area contributed by atoms with E-state index in [1.54, 1.807) is 12.4 Å². The number of pyridine rings is 1. The summed E-state index contributed by atoms with van der Waals surface area (Å²) in [6.45, 7) is 0.540. The van der Waals surface area contributed by atoms with Gasteiger partial charge in [-0.25, -0.2) is 0 Å². The molecule has 3 nitrogen and oxygen atoms in total. The number of rotatable bonds is 1. The van der Waals surface area contributed by atoms with Crippen LogP contribution < -0.4 is 0 Å². The fraction of sp³-hybridized carbons (Fsp3) is 0.333. The number of carbonyl (C=O) groups excluding carboxylic acids is 1. The molecule has 62 valence electrons. The summed E-state index contributed by atoms with van der Waals surface area (Å²) in [5, 5.41) is 0. The normalized spacial score (nSPS) is 22.3. The molecule has 1 aromatic heterocycles. The number of hydrogen-bond acceptors (Lipinski definition) is 3. The van der Waals surface area contributed by atoms with Crippen molar-refractivity contribution in [2.24, 2.45) is 0 Å². The van der Waals surface area contributed by atoms with Crippen molar-refractivity contribution < 1.29 is 9.53 Å². The molecule has 1 aliphatic heterocycles. The Morgan fingerprint density at radius 1 is 1.58 bits per heavy atom. The lowest BCUT2D eigenvalue weighted by molar-refractivity contribution is -0.139. The molecule has 1 aromatic rings. The van der Waals surface area contributed by atoms with E-state index in [9.17, 15) is 4.79 Å². The molecule has 1 aliphatic rings. The van der Waals surface area contributed by atoms with Crippen molar-refractivity contribution in [1.82, 2.24) is 4.98 Å². The second kappa shape index (κ2) is 2.93. The molecule has 2 heterocycles. The van der Waals surface area contributed by atoms with Crippen LogP contribution >= 0.6 is 0 Å². The van der Waals surface area contributed by atoms with Gasteiger partial charge in [-0.3, -0.25) is 9.78 Å². The molecule has 0 bridgehead atoms. The summed E-state index contributed by atoms with van der Waals surface area (Å²) in [5.74, 6) is -0.207. The number of hydrogen-bond donors (Lipinski definition) is 0. The Balaban J connectivity index is 2.25. The average Bonchev–Trinajstić information content (AvgIpc) is 2.53. The highest BCUT2D eigenvalue weighted by atomic mass is 16.5. The van der Waals surface area contributed by atoms with Crippen molar-refractivity contribution in [3.05, 3.63) is 30.1 Å². The topological polar surface area (TPSA) is 39.2 Å². The number of aromatic nitrogens is 1. The van der Waals surface area contributed by atoms with Gasteiger partial charge < -0.3 is 4.74 Å². The molecule has 3 heteroatoms. The molecular weight excluding hydrogens is 154 g/mol. The molecule has 0 amide bonds. The Morgan fingerprint density at radius 2 is 2.50 bits per heavy atom. The second-order valence-corrected chi connectivity index (χ2v) is 2.80. The second-order valence-electron chi connectivity index (χ2n) is 2.80. The molecule has 0 unspecified atom stereocenters. The lowest BCUT2D eigenvalue weighted by Crippen LogP contribution is -2.05. The zero-order chi connectivity index (χ0) is 8.39. The van der Waals surface area contributed by atoms with Crippen molar-refractivity contribution in [1.29, 1.82) is 0 Å². The molecule has 0 radical (unpaired) electrons. The van der Waals surface area contributed by atoms with Gasteiger partial charge in [-0.2, -0.15) is 0 Å². The molecule has 1 atom stereocenters. The minimum Gasteiger partial charge on any atom is -0.465 e. The van der Waals surface area contributed by atoms with E-state index in [4.69, 9.17) is 4.74 Å². The number of cyclic esters (lactones) is 1. The lowest BCUT2D eigenvalue weighted by Gasteiger charge is -2.02. The van der Waals surface area contributed by atoms with Crippen LogP contribution in [0.3, 0.4) is 0 Å². The van der Waals surface area contributed by atoms with E-state index >= 15 is 0 Å². The first-order chi connectivity index (χ1) is 5.88. The van der Waals surface area contributed by atoms with E-state index in [2.05, 4.69) is 4.98 Å². The number of nitrogens with zero attached hydrogens (tertiary/aromatic N) is 1. The highest BCUT2D eigenvalue weighted by Gasteiger charge is 2.27. The van der Waals surface area contributed by atoms with Gasteiger partial charge in [0.25, 0.3) is 0 Å². The van der Waals surface area contributed by atoms with E-state index in [1.165, 1.54) is 0 Å². The summed E-state index contributed by atoms with van der Waals surface area (Å²) < 4.78 is 4.85. The van der Waals surface area contributed by atoms with Crippen LogP contribution in [-0.2, 0) is 9.53 Å². The van der Waals surface area contributed by atoms with Gasteiger partial charge in [-0.15, -0.1) is 0 Å². The fourth-order valence-corrected chi connectivity index (χ4v) is 1.38. The highest BCUT2D eigenvalue weighted by molar-refractivity contribution is 5.79. The fourth-order valence-electron chi connectivity index (χ4n) is 1.38. The standard InChI is InChI=1S/C9H9NO2/c11-9-8(3-5-12-9)7-2-1-4-10-6-7/h1-2,4,6,8H,3,5H2/t8-/m1/s1. The van der Waals surface area contributed by atoms with Gasteiger partial charge in [-0.1, -0.05) is 6.07 Å². The Kier molecular flexibility index (Phi) is 1.78. The molecule has 0 aromatic carbocycles. The van der Waals surface area contributed by atoms with E-state index in [0.717, 1.165) is 12.0 Å². The van der Waals surface area contributed by atoms with Crippen LogP contribution in [-0.4, -0.2) is 17.6 Å². The van der Waals surface area contributed by atoms with Crippen LogP contribution in [0.1, 0.15) is 17.9 Å². The van der Waals surface area contributed by atoms with Crippen LogP contribution in [0, 0.1) is 0 Å². The third kappa shape index (κ3) is 1.18. The van der Waals surface area contributed by atoms with Crippen LogP contribution in [0.25, 0.3) is 0 Å². The van der Waals surface area contributed by atoms with E-state index in [-0.39, 0.29) is 11.9 Å². The van der Waals surface area contributed by atoms with Crippen LogP contribution in [0.4, 0.5) is 0 Å². The SMILES string of the molecule is O=C1OCC[C@@H]1c1cccnc1. The van der Waals surface area contributed by atoms with Crippen molar-refractivity contribution in [2.75, 3.05) is 6.61 Å². The maximum atomic E-state index is 11.1. The minimum atomic E-state index is -0.122. The molecule has 2 rings (SSSR count). The zero-order valence-electron chi connectivity index (χ0n) is 6.56. The molecule has 0 N–H and O–H groups in total. The Bertz CT molecular complexity index is 284. The highest BCUT2D eigenvalue weighted by Crippen LogP contribution is 2.25. The number of ether oxygens (including phenoxy) is 1. The van der Waals surface area contributed by atoms with Crippen molar-refractivity contribution in [3.63, 3.8) is 0 Å². The van der Waals surface area contributed by atoms with E-state index in [1.807, 2.05) is 12.1 Å². The number of carbonyl (C=O) groups is 1. The molecule has 0 saturated carbocycles.